The summed E-state index contributed by atoms with van der Waals surface area (Å²) in [6, 6.07) is 0. The number of ether oxygens (including phenoxy) is 2. The van der Waals surface area contributed by atoms with Crippen molar-refractivity contribution < 1.29 is 19.1 Å². The van der Waals surface area contributed by atoms with Gasteiger partial charge in [-0.3, -0.25) is 10.6 Å². The molecule has 4 fully saturated rings. The third-order valence-corrected chi connectivity index (χ3v) is 7.57. The highest BCUT2D eigenvalue weighted by atomic mass is 16.6. The molecule has 4 rings (SSSR count). The van der Waals surface area contributed by atoms with Crippen LogP contribution in [0.3, 0.4) is 0 Å². The average Bonchev–Trinajstić information content (AvgIpc) is 3.65. The number of carbonyl (C=O) groups is 2. The number of alkyl carbamates (subject to hydrolysis) is 2. The molecule has 2 atom stereocenters. The van der Waals surface area contributed by atoms with E-state index in [4.69, 9.17) is 9.47 Å². The minimum atomic E-state index is -0.823. The Bertz CT molecular complexity index is 638. The fraction of sp³-hybridized carbons (Fsp3) is 0.917. The normalized spacial score (nSPS) is 26.7. The molecular weight excluding hydrogens is 408 g/mol. The lowest BCUT2D eigenvalue weighted by Crippen LogP contribution is -2.50. The van der Waals surface area contributed by atoms with E-state index in [-0.39, 0.29) is 24.0 Å². The lowest BCUT2D eigenvalue weighted by molar-refractivity contribution is 0.0626. The third kappa shape index (κ3) is 6.35. The summed E-state index contributed by atoms with van der Waals surface area (Å²) >= 11 is 0. The molecule has 32 heavy (non-hydrogen) atoms. The number of hydrogen-bond donors (Lipinski definition) is 2. The number of nitrogens with zero attached hydrogens (tertiary/aromatic N) is 2. The first kappa shape index (κ1) is 23.3. The van der Waals surface area contributed by atoms with E-state index in [0.717, 1.165) is 77.0 Å². The molecule has 0 bridgehead atoms. The smallest absolute Gasteiger partial charge is 0.409 e. The summed E-state index contributed by atoms with van der Waals surface area (Å²) in [6.45, 7) is 3.81. The van der Waals surface area contributed by atoms with Gasteiger partial charge in [-0.25, -0.2) is 9.59 Å². The van der Waals surface area contributed by atoms with Gasteiger partial charge in [0.15, 0.2) is 11.3 Å². The molecule has 0 saturated heterocycles. The molecule has 4 saturated carbocycles. The minimum Gasteiger partial charge on any atom is -0.446 e. The van der Waals surface area contributed by atoms with Crippen LogP contribution in [0.5, 0.6) is 0 Å². The fourth-order valence-corrected chi connectivity index (χ4v) is 5.06. The van der Waals surface area contributed by atoms with E-state index in [1.807, 2.05) is 13.8 Å². The van der Waals surface area contributed by atoms with Crippen molar-refractivity contribution in [3.05, 3.63) is 0 Å². The van der Waals surface area contributed by atoms with Crippen LogP contribution in [0.15, 0.2) is 10.2 Å². The van der Waals surface area contributed by atoms with Gasteiger partial charge in [-0.1, -0.05) is 12.8 Å². The van der Waals surface area contributed by atoms with Gasteiger partial charge < -0.3 is 9.47 Å². The van der Waals surface area contributed by atoms with Gasteiger partial charge in [-0.05, 0) is 90.9 Å². The van der Waals surface area contributed by atoms with Gasteiger partial charge in [0.1, 0.15) is 12.2 Å². The Morgan fingerprint density at radius 2 is 0.969 bits per heavy atom. The molecule has 2 N–H and O–H groups in total. The van der Waals surface area contributed by atoms with Gasteiger partial charge in [-0.2, -0.15) is 10.2 Å². The molecule has 0 aromatic carbocycles. The van der Waals surface area contributed by atoms with Crippen molar-refractivity contribution in [2.24, 2.45) is 22.1 Å². The molecule has 2 amide bonds. The summed E-state index contributed by atoms with van der Waals surface area (Å²) in [5.41, 5.74) is -1.65. The summed E-state index contributed by atoms with van der Waals surface area (Å²) in [6.07, 6.45) is 13.8. The number of carbonyl (C=O) groups excluding carboxylic acids is 2. The summed E-state index contributed by atoms with van der Waals surface area (Å²) in [7, 11) is 0. The Morgan fingerprint density at radius 3 is 1.28 bits per heavy atom. The lowest BCUT2D eigenvalue weighted by atomic mass is 9.98. The van der Waals surface area contributed by atoms with Crippen LogP contribution in [0.2, 0.25) is 0 Å². The summed E-state index contributed by atoms with van der Waals surface area (Å²) in [5.74, 6) is 0.477. The number of rotatable bonds is 8. The molecule has 0 aromatic rings. The molecule has 0 heterocycles. The SMILES string of the molecule is CC(N=NC(C)(NC(=O)OC1CCCCC1)C1CC1)(NC(=O)OC1CCCCC1)C1CC1. The fourth-order valence-electron chi connectivity index (χ4n) is 5.06. The van der Waals surface area contributed by atoms with Crippen molar-refractivity contribution in [2.45, 2.75) is 127 Å². The zero-order chi connectivity index (χ0) is 22.6. The second kappa shape index (κ2) is 9.96. The van der Waals surface area contributed by atoms with Crippen LogP contribution in [-0.4, -0.2) is 35.7 Å². The van der Waals surface area contributed by atoms with E-state index < -0.39 is 23.5 Å². The maximum absolute atomic E-state index is 12.6. The number of amides is 2. The number of hydrogen-bond acceptors (Lipinski definition) is 6. The molecule has 4 aliphatic carbocycles. The molecule has 4 aliphatic rings. The Hall–Kier alpha value is -1.86. The molecule has 0 aromatic heterocycles. The van der Waals surface area contributed by atoms with Crippen LogP contribution >= 0.6 is 0 Å². The van der Waals surface area contributed by atoms with Crippen molar-refractivity contribution in [1.82, 2.24) is 10.6 Å². The van der Waals surface area contributed by atoms with Gasteiger partial charge in [0, 0.05) is 11.8 Å². The average molecular weight is 449 g/mol. The van der Waals surface area contributed by atoms with Crippen LogP contribution < -0.4 is 10.6 Å². The first-order valence-electron chi connectivity index (χ1n) is 12.8. The molecule has 0 radical (unpaired) electrons. The lowest BCUT2D eigenvalue weighted by Gasteiger charge is -2.31. The molecule has 0 spiro atoms. The summed E-state index contributed by atoms with van der Waals surface area (Å²) in [5, 5.41) is 15.2. The van der Waals surface area contributed by atoms with E-state index in [2.05, 4.69) is 20.9 Å². The minimum absolute atomic E-state index is 0.00269. The van der Waals surface area contributed by atoms with Gasteiger partial charge in [-0.15, -0.1) is 0 Å². The first-order valence-corrected chi connectivity index (χ1v) is 12.8. The zero-order valence-corrected chi connectivity index (χ0v) is 19.7. The maximum Gasteiger partial charge on any atom is 0.409 e. The van der Waals surface area contributed by atoms with Gasteiger partial charge >= 0.3 is 12.2 Å². The molecule has 180 valence electrons. The zero-order valence-electron chi connectivity index (χ0n) is 19.7. The largest absolute Gasteiger partial charge is 0.446 e. The molecule has 8 nitrogen and oxygen atoms in total. The van der Waals surface area contributed by atoms with E-state index in [1.54, 1.807) is 0 Å². The van der Waals surface area contributed by atoms with Crippen LogP contribution in [0.1, 0.15) is 104 Å². The van der Waals surface area contributed by atoms with E-state index >= 15 is 0 Å². The van der Waals surface area contributed by atoms with Crippen molar-refractivity contribution in [3.63, 3.8) is 0 Å². The second-order valence-corrected chi connectivity index (χ2v) is 10.6. The molecule has 8 heteroatoms. The van der Waals surface area contributed by atoms with Crippen LogP contribution in [-0.2, 0) is 9.47 Å². The van der Waals surface area contributed by atoms with Gasteiger partial charge in [0.05, 0.1) is 0 Å². The second-order valence-electron chi connectivity index (χ2n) is 10.6. The van der Waals surface area contributed by atoms with Crippen LogP contribution in [0.25, 0.3) is 0 Å². The number of nitrogens with one attached hydrogen (secondary N) is 2. The summed E-state index contributed by atoms with van der Waals surface area (Å²) in [4.78, 5) is 25.2. The highest BCUT2D eigenvalue weighted by Crippen LogP contribution is 2.44. The Morgan fingerprint density at radius 1 is 0.625 bits per heavy atom. The monoisotopic (exact) mass is 448 g/mol. The van der Waals surface area contributed by atoms with Crippen molar-refractivity contribution >= 4 is 12.2 Å². The molecular formula is C24H40N4O4. The Labute approximate surface area is 191 Å². The van der Waals surface area contributed by atoms with E-state index in [0.29, 0.717) is 0 Å². The topological polar surface area (TPSA) is 101 Å². The van der Waals surface area contributed by atoms with Crippen molar-refractivity contribution in [3.8, 4) is 0 Å². The van der Waals surface area contributed by atoms with Gasteiger partial charge in [0.2, 0.25) is 0 Å². The quantitative estimate of drug-likeness (QED) is 0.458. The highest BCUT2D eigenvalue weighted by molar-refractivity contribution is 5.69. The van der Waals surface area contributed by atoms with Crippen LogP contribution in [0.4, 0.5) is 9.59 Å². The third-order valence-electron chi connectivity index (χ3n) is 7.57. The van der Waals surface area contributed by atoms with Crippen LogP contribution in [0, 0.1) is 11.8 Å². The predicted molar refractivity (Wildman–Crippen MR) is 120 cm³/mol. The van der Waals surface area contributed by atoms with Gasteiger partial charge in [0.25, 0.3) is 0 Å². The predicted octanol–water partition coefficient (Wildman–Crippen LogP) is 5.81. The van der Waals surface area contributed by atoms with E-state index in [1.165, 1.54) is 12.8 Å². The Kier molecular flexibility index (Phi) is 7.25. The maximum atomic E-state index is 12.6. The standard InChI is InChI=1S/C24H40N4O4/c1-23(17-13-14-17,25-21(29)31-19-9-5-3-6-10-19)27-28-24(2,18-15-16-18)26-22(30)32-20-11-7-4-8-12-20/h17-20H,3-16H2,1-2H3,(H,25,29)(H,26,30). The Balaban J connectivity index is 1.37. The first-order chi connectivity index (χ1) is 15.4. The molecule has 2 unspecified atom stereocenters. The van der Waals surface area contributed by atoms with Crippen molar-refractivity contribution in [2.75, 3.05) is 0 Å². The number of azo groups is 1. The van der Waals surface area contributed by atoms with Crippen molar-refractivity contribution in [1.29, 1.82) is 0 Å². The summed E-state index contributed by atoms with van der Waals surface area (Å²) < 4.78 is 11.3. The molecule has 0 aliphatic heterocycles. The highest BCUT2D eigenvalue weighted by Gasteiger charge is 2.47. The van der Waals surface area contributed by atoms with E-state index in [9.17, 15) is 9.59 Å².